The minimum atomic E-state index is -0.401. The summed E-state index contributed by atoms with van der Waals surface area (Å²) in [6, 6.07) is 0.636. The molecular weight excluding hydrogens is 180 g/mol. The van der Waals surface area contributed by atoms with Gasteiger partial charge in [0.15, 0.2) is 0 Å². The van der Waals surface area contributed by atoms with Gasteiger partial charge in [0.05, 0.1) is 0 Å². The largest absolute Gasteiger partial charge is 0.444 e. The molecule has 0 aliphatic carbocycles. The van der Waals surface area contributed by atoms with Crippen LogP contribution in [0.2, 0.25) is 0 Å². The van der Waals surface area contributed by atoms with Crippen LogP contribution in [0.4, 0.5) is 4.79 Å². The number of amides is 1. The van der Waals surface area contributed by atoms with E-state index >= 15 is 0 Å². The Morgan fingerprint density at radius 1 is 1.50 bits per heavy atom. The molecule has 0 spiro atoms. The summed E-state index contributed by atoms with van der Waals surface area (Å²) in [5, 5.41) is 3.15. The Kier molecular flexibility index (Phi) is 3.04. The smallest absolute Gasteiger partial charge is 0.410 e. The van der Waals surface area contributed by atoms with Gasteiger partial charge in [-0.2, -0.15) is 0 Å². The van der Waals surface area contributed by atoms with Crippen LogP contribution in [-0.2, 0) is 4.74 Å². The highest BCUT2D eigenvalue weighted by Gasteiger charge is 2.39. The predicted molar refractivity (Wildman–Crippen MR) is 55.2 cm³/mol. The van der Waals surface area contributed by atoms with Crippen molar-refractivity contribution in [1.82, 2.24) is 10.2 Å². The van der Waals surface area contributed by atoms with Crippen molar-refractivity contribution in [3.8, 4) is 0 Å². The molecule has 1 N–H and O–H groups in total. The van der Waals surface area contributed by atoms with E-state index in [1.807, 2.05) is 34.7 Å². The zero-order chi connectivity index (χ0) is 10.9. The number of hydrogen-bond acceptors (Lipinski definition) is 3. The molecule has 4 heteroatoms. The number of carbonyl (C=O) groups is 1. The first kappa shape index (κ1) is 11.3. The molecule has 82 valence electrons. The minimum absolute atomic E-state index is 0.212. The molecule has 1 heterocycles. The monoisotopic (exact) mass is 200 g/mol. The lowest BCUT2D eigenvalue weighted by Gasteiger charge is -2.46. The maximum Gasteiger partial charge on any atom is 0.410 e. The zero-order valence-corrected chi connectivity index (χ0v) is 9.63. The molecule has 1 aliphatic rings. The van der Waals surface area contributed by atoms with Crippen LogP contribution < -0.4 is 5.32 Å². The number of likely N-dealkylation sites (N-methyl/N-ethyl adjacent to an activating group) is 1. The van der Waals surface area contributed by atoms with E-state index in [9.17, 15) is 4.79 Å². The summed E-state index contributed by atoms with van der Waals surface area (Å²) < 4.78 is 5.26. The lowest BCUT2D eigenvalue weighted by molar-refractivity contribution is -0.0131. The number of carbonyl (C=O) groups excluding carboxylic acids is 1. The van der Waals surface area contributed by atoms with E-state index < -0.39 is 5.60 Å². The average Bonchev–Trinajstić information content (AvgIpc) is 1.99. The first-order chi connectivity index (χ1) is 6.35. The topological polar surface area (TPSA) is 41.6 Å². The van der Waals surface area contributed by atoms with Crippen molar-refractivity contribution < 1.29 is 9.53 Å². The summed E-state index contributed by atoms with van der Waals surface area (Å²) in [5.74, 6) is 0. The van der Waals surface area contributed by atoms with Crippen molar-refractivity contribution in [2.45, 2.75) is 45.4 Å². The van der Waals surface area contributed by atoms with E-state index in [4.69, 9.17) is 4.74 Å². The molecule has 14 heavy (non-hydrogen) atoms. The van der Waals surface area contributed by atoms with Crippen molar-refractivity contribution >= 4 is 6.09 Å². The minimum Gasteiger partial charge on any atom is -0.444 e. The molecule has 2 atom stereocenters. The van der Waals surface area contributed by atoms with Crippen molar-refractivity contribution in [3.63, 3.8) is 0 Å². The summed E-state index contributed by atoms with van der Waals surface area (Å²) in [4.78, 5) is 13.3. The fraction of sp³-hybridized carbons (Fsp3) is 0.900. The molecule has 0 saturated carbocycles. The van der Waals surface area contributed by atoms with Gasteiger partial charge < -0.3 is 15.0 Å². The van der Waals surface area contributed by atoms with Crippen LogP contribution in [0.5, 0.6) is 0 Å². The first-order valence-electron chi connectivity index (χ1n) is 5.02. The summed E-state index contributed by atoms with van der Waals surface area (Å²) in [6.07, 6.45) is -0.212. The van der Waals surface area contributed by atoms with Gasteiger partial charge in [0, 0.05) is 18.6 Å². The lowest BCUT2D eigenvalue weighted by Crippen LogP contribution is -2.65. The van der Waals surface area contributed by atoms with Crippen LogP contribution >= 0.6 is 0 Å². The van der Waals surface area contributed by atoms with Gasteiger partial charge in [0.1, 0.15) is 5.60 Å². The molecule has 1 rings (SSSR count). The van der Waals surface area contributed by atoms with E-state index in [0.717, 1.165) is 6.54 Å². The molecular formula is C10H20N2O2. The van der Waals surface area contributed by atoms with Gasteiger partial charge in [0.2, 0.25) is 0 Å². The van der Waals surface area contributed by atoms with Crippen LogP contribution in [-0.4, -0.2) is 42.3 Å². The average molecular weight is 200 g/mol. The summed E-state index contributed by atoms with van der Waals surface area (Å²) in [7, 11) is 1.91. The molecule has 1 aliphatic heterocycles. The molecule has 1 saturated heterocycles. The molecule has 1 amide bonds. The standard InChI is InChI=1S/C10H20N2O2/c1-7-8(11-5)6-12(7)9(13)14-10(2,3)4/h7-8,11H,6H2,1-5H3/t7-,8+/m0/s1. The SMILES string of the molecule is CN[C@@H]1CN(C(=O)OC(C)(C)C)[C@H]1C. The van der Waals surface area contributed by atoms with Crippen LogP contribution in [0.1, 0.15) is 27.7 Å². The van der Waals surface area contributed by atoms with Gasteiger partial charge in [-0.25, -0.2) is 4.79 Å². The second kappa shape index (κ2) is 3.77. The van der Waals surface area contributed by atoms with Gasteiger partial charge in [-0.1, -0.05) is 0 Å². The van der Waals surface area contributed by atoms with Gasteiger partial charge in [-0.15, -0.1) is 0 Å². The Morgan fingerprint density at radius 3 is 2.43 bits per heavy atom. The normalized spacial score (nSPS) is 27.1. The number of nitrogens with zero attached hydrogens (tertiary/aromatic N) is 1. The second-order valence-electron chi connectivity index (χ2n) is 4.77. The highest BCUT2D eigenvalue weighted by atomic mass is 16.6. The third kappa shape index (κ3) is 2.38. The van der Waals surface area contributed by atoms with Crippen LogP contribution in [0.3, 0.4) is 0 Å². The zero-order valence-electron chi connectivity index (χ0n) is 9.63. The van der Waals surface area contributed by atoms with E-state index in [1.165, 1.54) is 0 Å². The van der Waals surface area contributed by atoms with Crippen molar-refractivity contribution in [2.24, 2.45) is 0 Å². The molecule has 4 nitrogen and oxygen atoms in total. The summed E-state index contributed by atoms with van der Waals surface area (Å²) in [6.45, 7) is 8.40. The third-order valence-electron chi connectivity index (χ3n) is 2.47. The van der Waals surface area contributed by atoms with Crippen molar-refractivity contribution in [1.29, 1.82) is 0 Å². The molecule has 0 aromatic rings. The molecule has 0 unspecified atom stereocenters. The van der Waals surface area contributed by atoms with Gasteiger partial charge in [0.25, 0.3) is 0 Å². The van der Waals surface area contributed by atoms with Crippen LogP contribution in [0.25, 0.3) is 0 Å². The summed E-state index contributed by atoms with van der Waals surface area (Å²) in [5.41, 5.74) is -0.401. The Hall–Kier alpha value is -0.770. The number of rotatable bonds is 1. The maximum absolute atomic E-state index is 11.6. The van der Waals surface area contributed by atoms with Gasteiger partial charge >= 0.3 is 6.09 Å². The summed E-state index contributed by atoms with van der Waals surface area (Å²) >= 11 is 0. The predicted octanol–water partition coefficient (Wildman–Crippen LogP) is 1.21. The molecule has 0 radical (unpaired) electrons. The fourth-order valence-corrected chi connectivity index (χ4v) is 1.50. The quantitative estimate of drug-likeness (QED) is 0.692. The fourth-order valence-electron chi connectivity index (χ4n) is 1.50. The Labute approximate surface area is 85.6 Å². The third-order valence-corrected chi connectivity index (χ3v) is 2.47. The molecule has 0 aromatic heterocycles. The Balaban J connectivity index is 2.42. The van der Waals surface area contributed by atoms with Gasteiger partial charge in [-0.3, -0.25) is 0 Å². The number of ether oxygens (including phenoxy) is 1. The van der Waals surface area contributed by atoms with E-state index in [0.29, 0.717) is 6.04 Å². The second-order valence-corrected chi connectivity index (χ2v) is 4.77. The highest BCUT2D eigenvalue weighted by Crippen LogP contribution is 2.20. The molecule has 0 aromatic carbocycles. The lowest BCUT2D eigenvalue weighted by atomic mass is 9.99. The van der Waals surface area contributed by atoms with Crippen molar-refractivity contribution in [3.05, 3.63) is 0 Å². The maximum atomic E-state index is 11.6. The molecule has 1 fully saturated rings. The Morgan fingerprint density at radius 2 is 2.07 bits per heavy atom. The van der Waals surface area contributed by atoms with Gasteiger partial charge in [-0.05, 0) is 34.7 Å². The first-order valence-corrected chi connectivity index (χ1v) is 5.02. The highest BCUT2D eigenvalue weighted by molar-refractivity contribution is 5.70. The van der Waals surface area contributed by atoms with E-state index in [1.54, 1.807) is 4.90 Å². The Bertz CT molecular complexity index is 223. The van der Waals surface area contributed by atoms with Crippen LogP contribution in [0.15, 0.2) is 0 Å². The number of hydrogen-bond donors (Lipinski definition) is 1. The number of likely N-dealkylation sites (tertiary alicyclic amines) is 1. The van der Waals surface area contributed by atoms with E-state index in [2.05, 4.69) is 5.32 Å². The van der Waals surface area contributed by atoms with Crippen LogP contribution in [0, 0.1) is 0 Å². The molecule has 0 bridgehead atoms. The van der Waals surface area contributed by atoms with E-state index in [-0.39, 0.29) is 12.1 Å². The number of nitrogens with one attached hydrogen (secondary N) is 1. The van der Waals surface area contributed by atoms with Crippen molar-refractivity contribution in [2.75, 3.05) is 13.6 Å².